The van der Waals surface area contributed by atoms with Crippen LogP contribution in [0.1, 0.15) is 11.4 Å². The van der Waals surface area contributed by atoms with E-state index in [2.05, 4.69) is 15.0 Å². The number of halogens is 1. The Balaban J connectivity index is 2.58. The van der Waals surface area contributed by atoms with Crippen LogP contribution in [0.15, 0.2) is 12.4 Å². The molecule has 2 heterocycles. The molecule has 5 nitrogen and oxygen atoms in total. The van der Waals surface area contributed by atoms with Crippen LogP contribution in [0.5, 0.6) is 0 Å². The van der Waals surface area contributed by atoms with Crippen molar-refractivity contribution in [2.45, 2.75) is 13.8 Å². The van der Waals surface area contributed by atoms with E-state index in [0.29, 0.717) is 11.0 Å². The summed E-state index contributed by atoms with van der Waals surface area (Å²) in [4.78, 5) is 12.0. The van der Waals surface area contributed by atoms with Crippen molar-refractivity contribution < 1.29 is 0 Å². The fourth-order valence-corrected chi connectivity index (χ4v) is 1.46. The zero-order valence-electron chi connectivity index (χ0n) is 8.40. The highest BCUT2D eigenvalue weighted by molar-refractivity contribution is 6.29. The van der Waals surface area contributed by atoms with E-state index in [1.807, 2.05) is 18.4 Å². The molecule has 0 spiro atoms. The van der Waals surface area contributed by atoms with Crippen LogP contribution in [-0.4, -0.2) is 19.5 Å². The van der Waals surface area contributed by atoms with Gasteiger partial charge in [-0.1, -0.05) is 11.6 Å². The second-order valence-electron chi connectivity index (χ2n) is 3.19. The van der Waals surface area contributed by atoms with Crippen LogP contribution in [0.2, 0.25) is 5.15 Å². The molecule has 0 aliphatic heterocycles. The van der Waals surface area contributed by atoms with Crippen molar-refractivity contribution in [1.29, 1.82) is 0 Å². The number of aromatic nitrogens is 4. The Bertz CT molecular complexity index is 485. The Morgan fingerprint density at radius 2 is 2.07 bits per heavy atom. The van der Waals surface area contributed by atoms with Crippen molar-refractivity contribution in [2.24, 2.45) is 0 Å². The minimum absolute atomic E-state index is 0.156. The molecule has 2 aromatic heterocycles. The molecule has 6 heteroatoms. The number of rotatable bonds is 1. The van der Waals surface area contributed by atoms with Gasteiger partial charge in [-0.3, -0.25) is 4.57 Å². The second kappa shape index (κ2) is 3.51. The molecular formula is C9H10ClN5. The maximum atomic E-state index is 5.79. The molecule has 0 aliphatic carbocycles. The van der Waals surface area contributed by atoms with E-state index in [4.69, 9.17) is 17.3 Å². The molecule has 0 aromatic carbocycles. The normalized spacial score (nSPS) is 10.6. The molecule has 2 rings (SSSR count). The maximum absolute atomic E-state index is 5.79. The predicted molar refractivity (Wildman–Crippen MR) is 58.1 cm³/mol. The van der Waals surface area contributed by atoms with Crippen LogP contribution in [0.3, 0.4) is 0 Å². The average Bonchev–Trinajstić information content (AvgIpc) is 2.46. The molecular weight excluding hydrogens is 214 g/mol. The molecule has 0 unspecified atom stereocenters. The van der Waals surface area contributed by atoms with E-state index < -0.39 is 0 Å². The fourth-order valence-electron chi connectivity index (χ4n) is 1.28. The average molecular weight is 224 g/mol. The van der Waals surface area contributed by atoms with Crippen molar-refractivity contribution in [3.05, 3.63) is 28.9 Å². The largest absolute Gasteiger partial charge is 0.368 e. The molecule has 0 aliphatic rings. The molecule has 0 amide bonds. The zero-order valence-corrected chi connectivity index (χ0v) is 9.15. The molecule has 0 radical (unpaired) electrons. The number of hydrogen-bond donors (Lipinski definition) is 1. The van der Waals surface area contributed by atoms with Crippen LogP contribution in [0.25, 0.3) is 5.82 Å². The summed E-state index contributed by atoms with van der Waals surface area (Å²) >= 11 is 5.79. The first-order chi connectivity index (χ1) is 7.08. The summed E-state index contributed by atoms with van der Waals surface area (Å²) in [7, 11) is 0. The highest BCUT2D eigenvalue weighted by Gasteiger charge is 2.07. The SMILES string of the molecule is Cc1ncn(-c2cc(Cl)nc(N)n2)c1C. The summed E-state index contributed by atoms with van der Waals surface area (Å²) < 4.78 is 1.82. The van der Waals surface area contributed by atoms with Crippen molar-refractivity contribution in [1.82, 2.24) is 19.5 Å². The van der Waals surface area contributed by atoms with Crippen LogP contribution in [-0.2, 0) is 0 Å². The molecule has 0 saturated carbocycles. The standard InChI is InChI=1S/C9H10ClN5/c1-5-6(2)15(4-12-5)8-3-7(10)13-9(11)14-8/h3-4H,1-2H3,(H2,11,13,14). The lowest BCUT2D eigenvalue weighted by Gasteiger charge is -2.05. The van der Waals surface area contributed by atoms with Gasteiger partial charge in [0.15, 0.2) is 0 Å². The second-order valence-corrected chi connectivity index (χ2v) is 3.58. The molecule has 15 heavy (non-hydrogen) atoms. The Hall–Kier alpha value is -1.62. The monoisotopic (exact) mass is 223 g/mol. The van der Waals surface area contributed by atoms with Crippen LogP contribution in [0, 0.1) is 13.8 Å². The van der Waals surface area contributed by atoms with Crippen LogP contribution < -0.4 is 5.73 Å². The van der Waals surface area contributed by atoms with Gasteiger partial charge in [0.05, 0.1) is 5.69 Å². The van der Waals surface area contributed by atoms with Crippen molar-refractivity contribution in [3.8, 4) is 5.82 Å². The third kappa shape index (κ3) is 1.78. The number of hydrogen-bond acceptors (Lipinski definition) is 4. The minimum Gasteiger partial charge on any atom is -0.368 e. The minimum atomic E-state index is 0.156. The molecule has 2 aromatic rings. The van der Waals surface area contributed by atoms with E-state index in [1.54, 1.807) is 12.4 Å². The molecule has 0 fully saturated rings. The molecule has 0 atom stereocenters. The van der Waals surface area contributed by atoms with Gasteiger partial charge in [0.1, 0.15) is 17.3 Å². The number of nitrogens with two attached hydrogens (primary N) is 1. The smallest absolute Gasteiger partial charge is 0.223 e. The lowest BCUT2D eigenvalue weighted by atomic mass is 10.4. The molecule has 0 bridgehead atoms. The van der Waals surface area contributed by atoms with Gasteiger partial charge in [-0.2, -0.15) is 4.98 Å². The third-order valence-electron chi connectivity index (χ3n) is 2.20. The van der Waals surface area contributed by atoms with Gasteiger partial charge in [-0.15, -0.1) is 0 Å². The van der Waals surface area contributed by atoms with E-state index in [9.17, 15) is 0 Å². The summed E-state index contributed by atoms with van der Waals surface area (Å²) in [6.45, 7) is 3.88. The summed E-state index contributed by atoms with van der Waals surface area (Å²) in [5.74, 6) is 0.786. The summed E-state index contributed by atoms with van der Waals surface area (Å²) in [6.07, 6.45) is 1.68. The van der Waals surface area contributed by atoms with Gasteiger partial charge in [-0.25, -0.2) is 9.97 Å². The fraction of sp³-hybridized carbons (Fsp3) is 0.222. The first kappa shape index (κ1) is 9.92. The third-order valence-corrected chi connectivity index (χ3v) is 2.39. The Morgan fingerprint density at radius 3 is 2.60 bits per heavy atom. The highest BCUT2D eigenvalue weighted by atomic mass is 35.5. The van der Waals surface area contributed by atoms with Crippen LogP contribution >= 0.6 is 11.6 Å². The van der Waals surface area contributed by atoms with Gasteiger partial charge >= 0.3 is 0 Å². The number of nitrogens with zero attached hydrogens (tertiary/aromatic N) is 4. The van der Waals surface area contributed by atoms with E-state index in [0.717, 1.165) is 11.4 Å². The van der Waals surface area contributed by atoms with Gasteiger partial charge < -0.3 is 5.73 Å². The van der Waals surface area contributed by atoms with Crippen molar-refractivity contribution in [2.75, 3.05) is 5.73 Å². The first-order valence-corrected chi connectivity index (χ1v) is 4.76. The predicted octanol–water partition coefficient (Wildman–Crippen LogP) is 1.51. The maximum Gasteiger partial charge on any atom is 0.223 e. The molecule has 78 valence electrons. The zero-order chi connectivity index (χ0) is 11.0. The first-order valence-electron chi connectivity index (χ1n) is 4.39. The van der Waals surface area contributed by atoms with Crippen molar-refractivity contribution in [3.63, 3.8) is 0 Å². The van der Waals surface area contributed by atoms with E-state index in [-0.39, 0.29) is 5.95 Å². The van der Waals surface area contributed by atoms with Crippen LogP contribution in [0.4, 0.5) is 5.95 Å². The topological polar surface area (TPSA) is 69.6 Å². The lowest BCUT2D eigenvalue weighted by Crippen LogP contribution is -2.03. The number of aryl methyl sites for hydroxylation is 1. The number of imidazole rings is 1. The summed E-state index contributed by atoms with van der Waals surface area (Å²) in [5, 5.41) is 0.322. The van der Waals surface area contributed by atoms with Gasteiger partial charge in [0.25, 0.3) is 0 Å². The Morgan fingerprint density at radius 1 is 1.33 bits per heavy atom. The van der Waals surface area contributed by atoms with E-state index in [1.165, 1.54) is 0 Å². The summed E-state index contributed by atoms with van der Waals surface area (Å²) in [6, 6.07) is 1.64. The number of anilines is 1. The Kier molecular flexibility index (Phi) is 2.32. The van der Waals surface area contributed by atoms with Crippen molar-refractivity contribution >= 4 is 17.5 Å². The van der Waals surface area contributed by atoms with E-state index >= 15 is 0 Å². The quantitative estimate of drug-likeness (QED) is 0.745. The Labute approximate surface area is 91.9 Å². The van der Waals surface area contributed by atoms with Gasteiger partial charge in [-0.05, 0) is 13.8 Å². The van der Waals surface area contributed by atoms with Gasteiger partial charge in [0, 0.05) is 11.8 Å². The molecule has 2 N–H and O–H groups in total. The summed E-state index contributed by atoms with van der Waals surface area (Å²) in [5.41, 5.74) is 7.46. The van der Waals surface area contributed by atoms with Gasteiger partial charge in [0.2, 0.25) is 5.95 Å². The number of nitrogen functional groups attached to an aromatic ring is 1. The molecule has 0 saturated heterocycles. The lowest BCUT2D eigenvalue weighted by molar-refractivity contribution is 0.940. The highest BCUT2D eigenvalue weighted by Crippen LogP contribution is 2.15.